The van der Waals surface area contributed by atoms with Gasteiger partial charge < -0.3 is 14.8 Å². The molecule has 2 N–H and O–H groups in total. The third-order valence-corrected chi connectivity index (χ3v) is 4.61. The van der Waals surface area contributed by atoms with E-state index in [1.54, 1.807) is 24.3 Å². The lowest BCUT2D eigenvalue weighted by atomic mass is 10.1. The normalized spacial score (nSPS) is 10.2. The molecule has 0 saturated carbocycles. The molecule has 0 spiro atoms. The van der Waals surface area contributed by atoms with Crippen LogP contribution < -0.4 is 15.4 Å². The Balaban J connectivity index is 1.86. The standard InChI is InChI=1S/C20H19N3O4S/c1-3-27-15-11-9-14(10-12-15)17(24)22-18-16(13-7-5-4-6-8-13)21-19(28-18)23-20(25)26-2/h4-12H,3H2,1-2H3,(H,22,24)(H,21,23,25). The first-order valence-corrected chi connectivity index (χ1v) is 9.37. The van der Waals surface area contributed by atoms with Gasteiger partial charge in [0.15, 0.2) is 5.13 Å². The Morgan fingerprint density at radius 3 is 2.39 bits per heavy atom. The molecule has 0 fully saturated rings. The fourth-order valence-corrected chi connectivity index (χ4v) is 3.30. The number of carbonyl (C=O) groups excluding carboxylic acids is 2. The number of anilines is 2. The first kappa shape index (κ1) is 19.4. The van der Waals surface area contributed by atoms with Gasteiger partial charge in [0.2, 0.25) is 0 Å². The van der Waals surface area contributed by atoms with Crippen molar-refractivity contribution >= 4 is 33.5 Å². The van der Waals surface area contributed by atoms with Crippen LogP contribution >= 0.6 is 11.3 Å². The summed E-state index contributed by atoms with van der Waals surface area (Å²) in [5, 5.41) is 6.26. The van der Waals surface area contributed by atoms with E-state index in [9.17, 15) is 9.59 Å². The van der Waals surface area contributed by atoms with Crippen molar-refractivity contribution in [2.24, 2.45) is 0 Å². The molecule has 0 aliphatic carbocycles. The highest BCUT2D eigenvalue weighted by molar-refractivity contribution is 7.20. The van der Waals surface area contributed by atoms with Gasteiger partial charge in [-0.2, -0.15) is 0 Å². The maximum Gasteiger partial charge on any atom is 0.413 e. The summed E-state index contributed by atoms with van der Waals surface area (Å²) in [5.74, 6) is 0.417. The third kappa shape index (κ3) is 4.66. The van der Waals surface area contributed by atoms with Gasteiger partial charge in [-0.15, -0.1) is 0 Å². The molecule has 28 heavy (non-hydrogen) atoms. The average Bonchev–Trinajstić information content (AvgIpc) is 3.11. The lowest BCUT2D eigenvalue weighted by Crippen LogP contribution is -2.11. The number of benzene rings is 2. The molecule has 0 radical (unpaired) electrons. The molecule has 8 heteroatoms. The molecule has 144 valence electrons. The summed E-state index contributed by atoms with van der Waals surface area (Å²) < 4.78 is 10.0. The summed E-state index contributed by atoms with van der Waals surface area (Å²) in [6.07, 6.45) is -0.627. The molecule has 2 amide bonds. The summed E-state index contributed by atoms with van der Waals surface area (Å²) in [6, 6.07) is 16.3. The second-order valence-electron chi connectivity index (χ2n) is 5.59. The quantitative estimate of drug-likeness (QED) is 0.632. The van der Waals surface area contributed by atoms with Crippen LogP contribution in [0.4, 0.5) is 14.9 Å². The molecule has 3 rings (SSSR count). The Labute approximate surface area is 166 Å². The van der Waals surface area contributed by atoms with Gasteiger partial charge in [-0.3, -0.25) is 10.1 Å². The second-order valence-corrected chi connectivity index (χ2v) is 6.59. The molecular weight excluding hydrogens is 378 g/mol. The molecule has 3 aromatic rings. The zero-order chi connectivity index (χ0) is 19.9. The number of hydrogen-bond acceptors (Lipinski definition) is 6. The molecule has 2 aromatic carbocycles. The first-order chi connectivity index (χ1) is 13.6. The van der Waals surface area contributed by atoms with E-state index in [1.165, 1.54) is 7.11 Å². The predicted molar refractivity (Wildman–Crippen MR) is 109 cm³/mol. The molecule has 7 nitrogen and oxygen atoms in total. The van der Waals surface area contributed by atoms with E-state index in [-0.39, 0.29) is 5.91 Å². The summed E-state index contributed by atoms with van der Waals surface area (Å²) in [7, 11) is 1.27. The van der Waals surface area contributed by atoms with Crippen LogP contribution in [-0.2, 0) is 4.74 Å². The summed E-state index contributed by atoms with van der Waals surface area (Å²) in [6.45, 7) is 2.46. The number of ether oxygens (including phenoxy) is 2. The van der Waals surface area contributed by atoms with Crippen LogP contribution in [0.3, 0.4) is 0 Å². The monoisotopic (exact) mass is 397 g/mol. The van der Waals surface area contributed by atoms with E-state index >= 15 is 0 Å². The van der Waals surface area contributed by atoms with Crippen LogP contribution in [0.25, 0.3) is 11.3 Å². The number of rotatable bonds is 6. The van der Waals surface area contributed by atoms with Crippen molar-refractivity contribution in [2.75, 3.05) is 24.4 Å². The van der Waals surface area contributed by atoms with Gasteiger partial charge in [0, 0.05) is 11.1 Å². The zero-order valence-corrected chi connectivity index (χ0v) is 16.2. The SMILES string of the molecule is CCOc1ccc(C(=O)Nc2sc(NC(=O)OC)nc2-c2ccccc2)cc1. The van der Waals surface area contributed by atoms with E-state index in [1.807, 2.05) is 37.3 Å². The van der Waals surface area contributed by atoms with Gasteiger partial charge in [-0.05, 0) is 31.2 Å². The Hall–Kier alpha value is -3.39. The van der Waals surface area contributed by atoms with Gasteiger partial charge in [0.05, 0.1) is 13.7 Å². The number of thiazole rings is 1. The molecule has 0 aliphatic heterocycles. The molecule has 0 atom stereocenters. The highest BCUT2D eigenvalue weighted by Crippen LogP contribution is 2.36. The van der Waals surface area contributed by atoms with Crippen molar-refractivity contribution in [3.8, 4) is 17.0 Å². The van der Waals surface area contributed by atoms with Gasteiger partial charge in [-0.25, -0.2) is 9.78 Å². The summed E-state index contributed by atoms with van der Waals surface area (Å²) in [5.41, 5.74) is 1.87. The lowest BCUT2D eigenvalue weighted by Gasteiger charge is -2.07. The first-order valence-electron chi connectivity index (χ1n) is 8.56. The van der Waals surface area contributed by atoms with Gasteiger partial charge in [0.25, 0.3) is 5.91 Å². The Morgan fingerprint density at radius 1 is 1.04 bits per heavy atom. The number of nitrogens with one attached hydrogen (secondary N) is 2. The minimum absolute atomic E-state index is 0.284. The Morgan fingerprint density at radius 2 is 1.75 bits per heavy atom. The number of hydrogen-bond donors (Lipinski definition) is 2. The van der Waals surface area contributed by atoms with Gasteiger partial charge >= 0.3 is 6.09 Å². The van der Waals surface area contributed by atoms with E-state index in [2.05, 4.69) is 20.4 Å². The lowest BCUT2D eigenvalue weighted by molar-refractivity contribution is 0.102. The number of methoxy groups -OCH3 is 1. The van der Waals surface area contributed by atoms with Crippen molar-refractivity contribution in [3.05, 3.63) is 60.2 Å². The highest BCUT2D eigenvalue weighted by atomic mass is 32.1. The molecule has 0 bridgehead atoms. The maximum atomic E-state index is 12.7. The minimum atomic E-state index is -0.627. The van der Waals surface area contributed by atoms with Gasteiger partial charge in [-0.1, -0.05) is 41.7 Å². The van der Waals surface area contributed by atoms with Crippen LogP contribution in [0.5, 0.6) is 5.75 Å². The Bertz CT molecular complexity index is 955. The molecule has 1 heterocycles. The molecular formula is C20H19N3O4S. The van der Waals surface area contributed by atoms with E-state index in [0.717, 1.165) is 16.9 Å². The van der Waals surface area contributed by atoms with Crippen LogP contribution in [-0.4, -0.2) is 30.7 Å². The van der Waals surface area contributed by atoms with E-state index in [4.69, 9.17) is 4.74 Å². The van der Waals surface area contributed by atoms with Crippen molar-refractivity contribution in [2.45, 2.75) is 6.92 Å². The second kappa shape index (κ2) is 9.01. The van der Waals surface area contributed by atoms with E-state index in [0.29, 0.717) is 33.7 Å². The third-order valence-electron chi connectivity index (χ3n) is 3.72. The van der Waals surface area contributed by atoms with Gasteiger partial charge in [0.1, 0.15) is 16.4 Å². The average molecular weight is 397 g/mol. The molecule has 1 aromatic heterocycles. The van der Waals surface area contributed by atoms with Crippen LogP contribution in [0, 0.1) is 0 Å². The van der Waals surface area contributed by atoms with Crippen LogP contribution in [0.15, 0.2) is 54.6 Å². The Kier molecular flexibility index (Phi) is 6.23. The van der Waals surface area contributed by atoms with Crippen LogP contribution in [0.1, 0.15) is 17.3 Å². The number of aromatic nitrogens is 1. The summed E-state index contributed by atoms with van der Waals surface area (Å²) >= 11 is 1.15. The smallest absolute Gasteiger partial charge is 0.413 e. The fourth-order valence-electron chi connectivity index (χ4n) is 2.43. The predicted octanol–water partition coefficient (Wildman–Crippen LogP) is 4.64. The number of amides is 2. The van der Waals surface area contributed by atoms with Crippen molar-refractivity contribution in [3.63, 3.8) is 0 Å². The zero-order valence-electron chi connectivity index (χ0n) is 15.4. The summed E-state index contributed by atoms with van der Waals surface area (Å²) in [4.78, 5) is 28.6. The van der Waals surface area contributed by atoms with Crippen molar-refractivity contribution < 1.29 is 19.1 Å². The van der Waals surface area contributed by atoms with Crippen molar-refractivity contribution in [1.29, 1.82) is 0 Å². The highest BCUT2D eigenvalue weighted by Gasteiger charge is 2.18. The fraction of sp³-hybridized carbons (Fsp3) is 0.150. The maximum absolute atomic E-state index is 12.7. The number of carbonyl (C=O) groups is 2. The largest absolute Gasteiger partial charge is 0.494 e. The van der Waals surface area contributed by atoms with Crippen LogP contribution in [0.2, 0.25) is 0 Å². The number of nitrogens with zero attached hydrogens (tertiary/aromatic N) is 1. The van der Waals surface area contributed by atoms with Crippen molar-refractivity contribution in [1.82, 2.24) is 4.98 Å². The molecule has 0 saturated heterocycles. The topological polar surface area (TPSA) is 89.6 Å². The minimum Gasteiger partial charge on any atom is -0.494 e. The molecule has 0 aliphatic rings. The van der Waals surface area contributed by atoms with E-state index < -0.39 is 6.09 Å². The molecule has 0 unspecified atom stereocenters.